The molecule has 0 aliphatic heterocycles. The predicted molar refractivity (Wildman–Crippen MR) is 228 cm³/mol. The molecule has 4 aromatic carbocycles. The molecule has 2 N–H and O–H groups in total. The van der Waals surface area contributed by atoms with E-state index in [0.29, 0.717) is 24.3 Å². The Kier molecular flexibility index (Phi) is 18.4. The summed E-state index contributed by atoms with van der Waals surface area (Å²) in [5.41, 5.74) is 4.69. The minimum Gasteiger partial charge on any atom is -0.744 e. The number of aromatic nitrogens is 2. The Labute approximate surface area is 353 Å². The molecule has 312 valence electrons. The maximum Gasteiger partial charge on any atom is 0.408 e. The fourth-order valence-corrected chi connectivity index (χ4v) is 7.94. The largest absolute Gasteiger partial charge is 0.744 e. The van der Waals surface area contributed by atoms with Crippen molar-refractivity contribution >= 4 is 75.9 Å². The fourth-order valence-electron chi connectivity index (χ4n) is 5.04. The molecule has 0 atom stereocenters. The van der Waals surface area contributed by atoms with Gasteiger partial charge in [0.15, 0.2) is 0 Å². The van der Waals surface area contributed by atoms with E-state index in [1.54, 1.807) is 60.8 Å². The summed E-state index contributed by atoms with van der Waals surface area (Å²) in [6.45, 7) is 11.8. The Morgan fingerprint density at radius 3 is 1.27 bits per heavy atom. The average molecular weight is 879 g/mol. The first-order chi connectivity index (χ1) is 28.3. The number of nitrogens with one attached hydrogen (secondary N) is 2. The first-order valence-corrected chi connectivity index (χ1v) is 22.9. The molecule has 0 fully saturated rings. The van der Waals surface area contributed by atoms with E-state index in [0.717, 1.165) is 59.2 Å². The van der Waals surface area contributed by atoms with Gasteiger partial charge in [0.05, 0.1) is 46.3 Å². The Morgan fingerprint density at radius 1 is 0.576 bits per heavy atom. The number of azo groups is 2. The maximum absolute atomic E-state index is 10.5. The van der Waals surface area contributed by atoms with Gasteiger partial charge in [-0.3, -0.25) is 0 Å². The Balaban J connectivity index is 0.000000282. The van der Waals surface area contributed by atoms with Crippen LogP contribution in [0.25, 0.3) is 0 Å². The quantitative estimate of drug-likeness (QED) is 0.0413. The van der Waals surface area contributed by atoms with Crippen molar-refractivity contribution in [1.29, 1.82) is 0 Å². The van der Waals surface area contributed by atoms with Crippen molar-refractivity contribution < 1.29 is 39.8 Å². The zero-order valence-electron chi connectivity index (χ0n) is 33.0. The van der Waals surface area contributed by atoms with E-state index < -0.39 is 20.2 Å². The van der Waals surface area contributed by atoms with Crippen molar-refractivity contribution in [2.45, 2.75) is 50.6 Å². The van der Waals surface area contributed by atoms with Crippen LogP contribution in [-0.4, -0.2) is 52.2 Å². The number of nitrogens with zero attached hydrogens (tertiary/aromatic N) is 6. The summed E-state index contributed by atoms with van der Waals surface area (Å²) < 4.78 is 72.9. The average Bonchev–Trinajstić information content (AvgIpc) is 3.89. The summed E-state index contributed by atoms with van der Waals surface area (Å²) in [4.78, 5) is -0.278. The standard InChI is InChI=1S/C26H30N8OS2.2C7H8O3S/c1-3-33-15-19-36-25(33)31-29-23-9-5-21(6-10-23)27-13-17-35-18-14-28-22-7-11-24(12-8-22)30-32-26-34(4-2)16-20-37-26;2*1-6-4-2-3-5-7(6)11(8,9)10/h5-12,15-16,19-20H,3-4,13-14,17-18H2,1-2H3;2*2-5H,1H3,(H,8,9,10). The van der Waals surface area contributed by atoms with Crippen LogP contribution in [0.1, 0.15) is 25.0 Å². The summed E-state index contributed by atoms with van der Waals surface area (Å²) in [6.07, 6.45) is 4.04. The van der Waals surface area contributed by atoms with Gasteiger partial charge in [0.25, 0.3) is 0 Å². The van der Waals surface area contributed by atoms with E-state index in [2.05, 4.69) is 54.1 Å². The summed E-state index contributed by atoms with van der Waals surface area (Å²) >= 11 is 3.16. The van der Waals surface area contributed by atoms with Crippen LogP contribution < -0.4 is 19.8 Å². The summed E-state index contributed by atoms with van der Waals surface area (Å²) in [7, 11) is -8.57. The minimum atomic E-state index is -4.28. The molecule has 2 aromatic heterocycles. The highest BCUT2D eigenvalue weighted by Crippen LogP contribution is 2.22. The van der Waals surface area contributed by atoms with Crippen molar-refractivity contribution in [3.8, 4) is 0 Å². The molecule has 0 radical (unpaired) electrons. The van der Waals surface area contributed by atoms with Crippen LogP contribution in [0.2, 0.25) is 0 Å². The number of hydrogen-bond acceptors (Lipinski definition) is 15. The molecule has 0 aliphatic carbocycles. The van der Waals surface area contributed by atoms with Gasteiger partial charge in [0.2, 0.25) is 0 Å². The van der Waals surface area contributed by atoms with E-state index in [-0.39, 0.29) is 9.79 Å². The van der Waals surface area contributed by atoms with Gasteiger partial charge in [0, 0.05) is 35.2 Å². The second-order valence-electron chi connectivity index (χ2n) is 12.3. The van der Waals surface area contributed by atoms with E-state index in [4.69, 9.17) is 4.74 Å². The van der Waals surface area contributed by atoms with E-state index in [1.165, 1.54) is 24.3 Å². The van der Waals surface area contributed by atoms with Crippen molar-refractivity contribution in [1.82, 2.24) is 0 Å². The lowest BCUT2D eigenvalue weighted by Gasteiger charge is -2.09. The van der Waals surface area contributed by atoms with Gasteiger partial charge in [0.1, 0.15) is 44.0 Å². The van der Waals surface area contributed by atoms with Crippen LogP contribution in [0.5, 0.6) is 0 Å². The molecular formula is C40H46N8O7S4. The maximum atomic E-state index is 10.5. The number of ether oxygens (including phenoxy) is 1. The molecule has 2 heterocycles. The molecule has 19 heteroatoms. The molecule has 0 unspecified atom stereocenters. The smallest absolute Gasteiger partial charge is 0.408 e. The molecule has 0 saturated heterocycles. The molecule has 0 bridgehead atoms. The highest BCUT2D eigenvalue weighted by molar-refractivity contribution is 7.86. The van der Waals surface area contributed by atoms with Gasteiger partial charge >= 0.3 is 10.3 Å². The monoisotopic (exact) mass is 878 g/mol. The van der Waals surface area contributed by atoms with Crippen molar-refractivity contribution in [2.24, 2.45) is 20.5 Å². The van der Waals surface area contributed by atoms with Crippen LogP contribution >= 0.6 is 22.7 Å². The van der Waals surface area contributed by atoms with Crippen molar-refractivity contribution in [3.05, 3.63) is 131 Å². The molecule has 6 aromatic rings. The topological polar surface area (TPSA) is 205 Å². The first-order valence-electron chi connectivity index (χ1n) is 18.3. The second-order valence-corrected chi connectivity index (χ2v) is 16.8. The van der Waals surface area contributed by atoms with Crippen LogP contribution in [0, 0.1) is 13.8 Å². The normalized spacial score (nSPS) is 11.5. The lowest BCUT2D eigenvalue weighted by molar-refractivity contribution is -0.677. The summed E-state index contributed by atoms with van der Waals surface area (Å²) in [5.74, 6) is 0. The second kappa shape index (κ2) is 23.3. The van der Waals surface area contributed by atoms with E-state index in [1.807, 2.05) is 71.7 Å². The third-order valence-corrected chi connectivity index (χ3v) is 11.7. The fraction of sp³-hybridized carbons (Fsp3) is 0.250. The molecule has 0 spiro atoms. The molecular weight excluding hydrogens is 833 g/mol. The predicted octanol–water partition coefficient (Wildman–Crippen LogP) is 8.59. The van der Waals surface area contributed by atoms with Gasteiger partial charge in [-0.05, 0) is 132 Å². The van der Waals surface area contributed by atoms with Crippen LogP contribution in [0.3, 0.4) is 0 Å². The minimum absolute atomic E-state index is 0.139. The number of anilines is 2. The van der Waals surface area contributed by atoms with Crippen LogP contribution in [0.4, 0.5) is 33.0 Å². The van der Waals surface area contributed by atoms with Crippen molar-refractivity contribution in [2.75, 3.05) is 36.9 Å². The first kappa shape index (κ1) is 46.4. The van der Waals surface area contributed by atoms with Gasteiger partial charge in [-0.1, -0.05) is 36.4 Å². The molecule has 0 saturated carbocycles. The van der Waals surface area contributed by atoms with Crippen LogP contribution in [0.15, 0.2) is 150 Å². The highest BCUT2D eigenvalue weighted by atomic mass is 32.2. The lowest BCUT2D eigenvalue weighted by atomic mass is 10.2. The number of thiazole rings is 2. The number of hydrogen-bond donors (Lipinski definition) is 2. The van der Waals surface area contributed by atoms with E-state index in [9.17, 15) is 25.9 Å². The summed E-state index contributed by atoms with van der Waals surface area (Å²) in [6, 6.07) is 28.0. The third-order valence-electron chi connectivity index (χ3n) is 8.11. The number of rotatable bonds is 16. The molecule has 59 heavy (non-hydrogen) atoms. The third kappa shape index (κ3) is 15.8. The molecule has 6 rings (SSSR count). The van der Waals surface area contributed by atoms with E-state index >= 15 is 0 Å². The zero-order chi connectivity index (χ0) is 42.7. The number of aryl methyl sites for hydroxylation is 4. The van der Waals surface area contributed by atoms with Gasteiger partial charge < -0.3 is 24.5 Å². The van der Waals surface area contributed by atoms with Gasteiger partial charge in [-0.25, -0.2) is 26.0 Å². The highest BCUT2D eigenvalue weighted by Gasteiger charge is 2.11. The Hall–Kier alpha value is -5.28. The zero-order valence-corrected chi connectivity index (χ0v) is 36.2. The lowest BCUT2D eigenvalue weighted by Crippen LogP contribution is -2.28. The Morgan fingerprint density at radius 2 is 0.949 bits per heavy atom. The van der Waals surface area contributed by atoms with Gasteiger partial charge in [-0.15, -0.1) is 0 Å². The Bertz CT molecular complexity index is 2320. The molecule has 0 aliphatic rings. The van der Waals surface area contributed by atoms with Crippen molar-refractivity contribution in [3.63, 3.8) is 0 Å². The molecule has 15 nitrogen and oxygen atoms in total. The van der Waals surface area contributed by atoms with Crippen LogP contribution in [-0.2, 0) is 38.1 Å². The van der Waals surface area contributed by atoms with Gasteiger partial charge in [-0.2, -0.15) is 0 Å². The SMILES string of the molecule is CC[n+]1ccsc1N=Nc1ccc(NCCOCCNc2ccc(N=Nc3scc[n+]3CC)cc2)cc1.Cc1ccccc1S(=O)(=O)[O-].Cc1ccccc1S(=O)(=O)[O-]. The number of benzene rings is 4. The summed E-state index contributed by atoms with van der Waals surface area (Å²) in [5, 5.41) is 29.9. The molecule has 0 amide bonds.